The Morgan fingerprint density at radius 3 is 2.61 bits per heavy atom. The van der Waals surface area contributed by atoms with Gasteiger partial charge in [-0.2, -0.15) is 0 Å². The van der Waals surface area contributed by atoms with Gasteiger partial charge in [0, 0.05) is 10.6 Å². The lowest BCUT2D eigenvalue weighted by atomic mass is 10.1. The van der Waals surface area contributed by atoms with E-state index in [0.29, 0.717) is 0 Å². The van der Waals surface area contributed by atoms with Crippen LogP contribution in [0.25, 0.3) is 0 Å². The molecule has 0 bridgehead atoms. The largest absolute Gasteiger partial charge is 0.491 e. The Balaban J connectivity index is 1.94. The Kier molecular flexibility index (Phi) is 5.63. The number of benzene rings is 1. The Morgan fingerprint density at radius 1 is 1.35 bits per heavy atom. The average molecular weight is 333 g/mol. The number of nitrogens with zero attached hydrogens (tertiary/aromatic N) is 1. The molecule has 0 saturated carbocycles. The van der Waals surface area contributed by atoms with Gasteiger partial charge in [0.15, 0.2) is 5.96 Å². The van der Waals surface area contributed by atoms with Crippen LogP contribution in [0.3, 0.4) is 0 Å². The highest BCUT2D eigenvalue weighted by Crippen LogP contribution is 2.25. The quantitative estimate of drug-likeness (QED) is 0.560. The Labute approximate surface area is 140 Å². The molecule has 124 valence electrons. The Hall–Kier alpha value is -2.05. The zero-order valence-electron chi connectivity index (χ0n) is 13.6. The van der Waals surface area contributed by atoms with Gasteiger partial charge in [0.25, 0.3) is 0 Å². The number of thiophene rings is 1. The number of aliphatic hydroxyl groups is 1. The first kappa shape index (κ1) is 17.3. The van der Waals surface area contributed by atoms with Crippen LogP contribution in [0.4, 0.5) is 5.69 Å². The maximum Gasteiger partial charge on any atom is 0.193 e. The molecule has 1 heterocycles. The van der Waals surface area contributed by atoms with Crippen LogP contribution >= 0.6 is 11.3 Å². The lowest BCUT2D eigenvalue weighted by Crippen LogP contribution is -2.29. The number of guanidine groups is 1. The standard InChI is InChI=1S/C17H23N3O2S/c1-12(2)22-14-8-6-13(7-9-14)20-16(18)19-11-17(3,21)15-5-4-10-23-15/h4-10,12,21H,11H2,1-3H3,(H3,18,19,20). The van der Waals surface area contributed by atoms with Gasteiger partial charge in [0.05, 0.1) is 12.6 Å². The highest BCUT2D eigenvalue weighted by Gasteiger charge is 2.23. The maximum absolute atomic E-state index is 10.4. The highest BCUT2D eigenvalue weighted by molar-refractivity contribution is 7.10. The van der Waals surface area contributed by atoms with Gasteiger partial charge >= 0.3 is 0 Å². The third kappa shape index (κ3) is 5.26. The molecule has 1 unspecified atom stereocenters. The normalized spacial score (nSPS) is 14.6. The maximum atomic E-state index is 10.4. The monoisotopic (exact) mass is 333 g/mol. The topological polar surface area (TPSA) is 79.9 Å². The van der Waals surface area contributed by atoms with E-state index < -0.39 is 5.60 Å². The third-order valence-electron chi connectivity index (χ3n) is 3.11. The van der Waals surface area contributed by atoms with Gasteiger partial charge in [-0.3, -0.25) is 0 Å². The van der Waals surface area contributed by atoms with Crippen molar-refractivity contribution in [3.05, 3.63) is 46.7 Å². The van der Waals surface area contributed by atoms with Gasteiger partial charge < -0.3 is 20.9 Å². The fourth-order valence-corrected chi connectivity index (χ4v) is 2.76. The summed E-state index contributed by atoms with van der Waals surface area (Å²) < 4.78 is 5.59. The van der Waals surface area contributed by atoms with Crippen molar-refractivity contribution in [2.75, 3.05) is 11.9 Å². The van der Waals surface area contributed by atoms with Gasteiger partial charge in [-0.25, -0.2) is 4.99 Å². The molecule has 0 aliphatic heterocycles. The molecule has 6 heteroatoms. The van der Waals surface area contributed by atoms with Crippen molar-refractivity contribution in [3.63, 3.8) is 0 Å². The minimum atomic E-state index is -1.02. The molecular formula is C17H23N3O2S. The first-order valence-corrected chi connectivity index (χ1v) is 8.35. The van der Waals surface area contributed by atoms with E-state index >= 15 is 0 Å². The highest BCUT2D eigenvalue weighted by atomic mass is 32.1. The SMILES string of the molecule is CC(C)Oc1ccc(NC(N)=NCC(C)(O)c2cccs2)cc1. The van der Waals surface area contributed by atoms with Crippen molar-refractivity contribution in [2.45, 2.75) is 32.5 Å². The van der Waals surface area contributed by atoms with Crippen molar-refractivity contribution in [1.29, 1.82) is 0 Å². The molecule has 1 aromatic heterocycles. The number of aliphatic imine (C=N–C) groups is 1. The van der Waals surface area contributed by atoms with E-state index in [4.69, 9.17) is 10.5 Å². The van der Waals surface area contributed by atoms with Gasteiger partial charge in [-0.15, -0.1) is 11.3 Å². The van der Waals surface area contributed by atoms with E-state index in [1.807, 2.05) is 55.6 Å². The van der Waals surface area contributed by atoms with Crippen molar-refractivity contribution in [3.8, 4) is 5.75 Å². The molecular weight excluding hydrogens is 310 g/mol. The zero-order valence-corrected chi connectivity index (χ0v) is 14.4. The summed E-state index contributed by atoms with van der Waals surface area (Å²) in [4.78, 5) is 5.09. The number of hydrogen-bond acceptors (Lipinski definition) is 4. The number of nitrogens with one attached hydrogen (secondary N) is 1. The fourth-order valence-electron chi connectivity index (χ4n) is 1.98. The molecule has 1 atom stereocenters. The van der Waals surface area contributed by atoms with Crippen LogP contribution in [0.2, 0.25) is 0 Å². The molecule has 0 fully saturated rings. The summed E-state index contributed by atoms with van der Waals surface area (Å²) >= 11 is 1.50. The van der Waals surface area contributed by atoms with Crippen LogP contribution in [0.15, 0.2) is 46.8 Å². The lowest BCUT2D eigenvalue weighted by Gasteiger charge is -2.19. The molecule has 0 radical (unpaired) electrons. The number of anilines is 1. The summed E-state index contributed by atoms with van der Waals surface area (Å²) in [6, 6.07) is 11.3. The molecule has 0 saturated heterocycles. The molecule has 1 aromatic carbocycles. The fraction of sp³-hybridized carbons (Fsp3) is 0.353. The van der Waals surface area contributed by atoms with Crippen molar-refractivity contribution in [1.82, 2.24) is 0 Å². The van der Waals surface area contributed by atoms with Crippen LogP contribution in [-0.4, -0.2) is 23.7 Å². The smallest absolute Gasteiger partial charge is 0.193 e. The number of hydrogen-bond donors (Lipinski definition) is 3. The molecule has 0 aliphatic rings. The summed E-state index contributed by atoms with van der Waals surface area (Å²) in [5.74, 6) is 1.07. The summed E-state index contributed by atoms with van der Waals surface area (Å²) in [5, 5.41) is 15.3. The Morgan fingerprint density at radius 2 is 2.04 bits per heavy atom. The van der Waals surface area contributed by atoms with Gasteiger partial charge in [0.1, 0.15) is 11.4 Å². The van der Waals surface area contributed by atoms with E-state index in [2.05, 4.69) is 10.3 Å². The van der Waals surface area contributed by atoms with E-state index in [-0.39, 0.29) is 18.6 Å². The number of rotatable bonds is 6. The lowest BCUT2D eigenvalue weighted by molar-refractivity contribution is 0.0713. The van der Waals surface area contributed by atoms with Crippen LogP contribution < -0.4 is 15.8 Å². The summed E-state index contributed by atoms with van der Waals surface area (Å²) in [5.41, 5.74) is 5.68. The minimum Gasteiger partial charge on any atom is -0.491 e. The predicted octanol–water partition coefficient (Wildman–Crippen LogP) is 3.17. The minimum absolute atomic E-state index is 0.139. The van der Waals surface area contributed by atoms with Crippen LogP contribution in [-0.2, 0) is 5.60 Å². The van der Waals surface area contributed by atoms with Gasteiger partial charge in [-0.05, 0) is 56.5 Å². The van der Waals surface area contributed by atoms with Crippen LogP contribution in [0.1, 0.15) is 25.6 Å². The molecule has 5 nitrogen and oxygen atoms in total. The van der Waals surface area contributed by atoms with Crippen molar-refractivity contribution < 1.29 is 9.84 Å². The van der Waals surface area contributed by atoms with Crippen molar-refractivity contribution >= 4 is 23.0 Å². The van der Waals surface area contributed by atoms with Gasteiger partial charge in [0.2, 0.25) is 0 Å². The number of ether oxygens (including phenoxy) is 1. The van der Waals surface area contributed by atoms with Gasteiger partial charge in [-0.1, -0.05) is 6.07 Å². The first-order valence-electron chi connectivity index (χ1n) is 7.47. The molecule has 0 amide bonds. The summed E-state index contributed by atoms with van der Waals surface area (Å²) in [6.07, 6.45) is 0.139. The van der Waals surface area contributed by atoms with E-state index in [0.717, 1.165) is 16.3 Å². The predicted molar refractivity (Wildman–Crippen MR) is 96.2 cm³/mol. The van der Waals surface area contributed by atoms with Crippen LogP contribution in [0.5, 0.6) is 5.75 Å². The van der Waals surface area contributed by atoms with Crippen molar-refractivity contribution in [2.24, 2.45) is 10.7 Å². The summed E-state index contributed by atoms with van der Waals surface area (Å²) in [7, 11) is 0. The molecule has 0 aliphatic carbocycles. The van der Waals surface area contributed by atoms with E-state index in [9.17, 15) is 5.11 Å². The molecule has 0 spiro atoms. The zero-order chi connectivity index (χ0) is 16.9. The Bertz CT molecular complexity index is 634. The second-order valence-corrected chi connectivity index (χ2v) is 6.72. The third-order valence-corrected chi connectivity index (χ3v) is 4.23. The average Bonchev–Trinajstić information content (AvgIpc) is 3.02. The second kappa shape index (κ2) is 7.48. The van der Waals surface area contributed by atoms with Crippen LogP contribution in [0, 0.1) is 0 Å². The van der Waals surface area contributed by atoms with E-state index in [1.54, 1.807) is 6.92 Å². The number of nitrogens with two attached hydrogens (primary N) is 1. The molecule has 4 N–H and O–H groups in total. The molecule has 2 rings (SSSR count). The summed E-state index contributed by atoms with van der Waals surface area (Å²) in [6.45, 7) is 5.89. The second-order valence-electron chi connectivity index (χ2n) is 5.77. The first-order chi connectivity index (χ1) is 10.9. The van der Waals surface area contributed by atoms with E-state index in [1.165, 1.54) is 11.3 Å². The molecule has 23 heavy (non-hydrogen) atoms. The molecule has 2 aromatic rings.